The van der Waals surface area contributed by atoms with Crippen LogP contribution in [0.25, 0.3) is 11.1 Å². The van der Waals surface area contributed by atoms with Crippen LogP contribution in [0, 0.1) is 0 Å². The van der Waals surface area contributed by atoms with Crippen LogP contribution < -0.4 is 5.84 Å². The average molecular weight is 356 g/mol. The molecule has 0 aliphatic heterocycles. The molecule has 4 rings (SSSR count). The van der Waals surface area contributed by atoms with Crippen LogP contribution in [0.15, 0.2) is 78.9 Å². The van der Waals surface area contributed by atoms with Gasteiger partial charge in [-0.25, -0.2) is 5.84 Å². The zero-order valence-electron chi connectivity index (χ0n) is 15.6. The lowest BCUT2D eigenvalue weighted by atomic mass is 9.73. The number of fused-ring (bicyclic) bond motifs is 3. The van der Waals surface area contributed by atoms with Gasteiger partial charge in [-0.3, -0.25) is 9.80 Å². The molecule has 0 aromatic heterocycles. The average Bonchev–Trinajstić information content (AvgIpc) is 2.99. The van der Waals surface area contributed by atoms with E-state index in [1.54, 1.807) is 7.05 Å². The Morgan fingerprint density at radius 2 is 1.37 bits per heavy atom. The normalized spacial score (nSPS) is 13.7. The summed E-state index contributed by atoms with van der Waals surface area (Å²) in [4.78, 5) is 13.4. The topological polar surface area (TPSA) is 46.3 Å². The Kier molecular flexibility index (Phi) is 4.54. The molecule has 0 spiro atoms. The fourth-order valence-electron chi connectivity index (χ4n) is 4.44. The molecule has 1 aliphatic rings. The van der Waals surface area contributed by atoms with Crippen molar-refractivity contribution in [3.05, 3.63) is 95.6 Å². The Hall–Kier alpha value is -2.91. The van der Waals surface area contributed by atoms with Gasteiger partial charge in [-0.15, -0.1) is 0 Å². The summed E-state index contributed by atoms with van der Waals surface area (Å²) < 4.78 is 0. The largest absolute Gasteiger partial charge is 0.283 e. The van der Waals surface area contributed by atoms with E-state index < -0.39 is 5.41 Å². The number of aryl methyl sites for hydroxylation is 1. The minimum Gasteiger partial charge on any atom is -0.283 e. The molecule has 0 saturated heterocycles. The van der Waals surface area contributed by atoms with Crippen molar-refractivity contribution in [2.24, 2.45) is 5.84 Å². The highest BCUT2D eigenvalue weighted by Gasteiger charge is 2.49. The number of carbonyl (C=O) groups excluding carboxylic acids is 1. The maximum absolute atomic E-state index is 13.4. The van der Waals surface area contributed by atoms with E-state index in [2.05, 4.69) is 48.5 Å². The molecule has 27 heavy (non-hydrogen) atoms. The van der Waals surface area contributed by atoms with Gasteiger partial charge in [-0.2, -0.15) is 0 Å². The van der Waals surface area contributed by atoms with E-state index in [1.165, 1.54) is 10.6 Å². The van der Waals surface area contributed by atoms with Gasteiger partial charge in [0.15, 0.2) is 0 Å². The summed E-state index contributed by atoms with van der Waals surface area (Å²) in [6.07, 6.45) is 2.58. The van der Waals surface area contributed by atoms with Crippen LogP contribution in [0.1, 0.15) is 29.5 Å². The number of hydrazine groups is 1. The minimum atomic E-state index is -0.717. The second-order valence-electron chi connectivity index (χ2n) is 7.25. The molecule has 0 heterocycles. The molecule has 3 aromatic rings. The lowest BCUT2D eigenvalue weighted by Gasteiger charge is -2.33. The molecule has 1 amide bonds. The Morgan fingerprint density at radius 1 is 0.852 bits per heavy atom. The van der Waals surface area contributed by atoms with E-state index in [0.29, 0.717) is 0 Å². The first-order valence-corrected chi connectivity index (χ1v) is 9.41. The summed E-state index contributed by atoms with van der Waals surface area (Å²) in [6, 6.07) is 26.9. The van der Waals surface area contributed by atoms with Crippen LogP contribution in [0.4, 0.5) is 0 Å². The second kappa shape index (κ2) is 7.01. The zero-order valence-corrected chi connectivity index (χ0v) is 15.6. The van der Waals surface area contributed by atoms with Gasteiger partial charge in [0.2, 0.25) is 0 Å². The van der Waals surface area contributed by atoms with Crippen LogP contribution in [0.5, 0.6) is 0 Å². The third-order valence-electron chi connectivity index (χ3n) is 5.61. The SMILES string of the molecule is CN(N)C(=O)C1(CCCc2ccccc2)c2ccccc2-c2ccccc21. The highest BCUT2D eigenvalue weighted by Crippen LogP contribution is 2.52. The lowest BCUT2D eigenvalue weighted by molar-refractivity contribution is -0.135. The molecule has 3 heteroatoms. The summed E-state index contributed by atoms with van der Waals surface area (Å²) in [6.45, 7) is 0. The first-order chi connectivity index (χ1) is 13.1. The van der Waals surface area contributed by atoms with E-state index in [4.69, 9.17) is 5.84 Å². The molecule has 2 N–H and O–H groups in total. The van der Waals surface area contributed by atoms with Gasteiger partial charge in [0.25, 0.3) is 5.91 Å². The maximum Gasteiger partial charge on any atom is 0.251 e. The summed E-state index contributed by atoms with van der Waals surface area (Å²) >= 11 is 0. The monoisotopic (exact) mass is 356 g/mol. The van der Waals surface area contributed by atoms with Gasteiger partial charge in [0, 0.05) is 7.05 Å². The van der Waals surface area contributed by atoms with E-state index in [-0.39, 0.29) is 5.91 Å². The van der Waals surface area contributed by atoms with Crippen molar-refractivity contribution < 1.29 is 4.79 Å². The van der Waals surface area contributed by atoms with Crippen LogP contribution >= 0.6 is 0 Å². The number of likely N-dealkylation sites (N-methyl/N-ethyl adjacent to an activating group) is 1. The third kappa shape index (κ3) is 2.84. The molecule has 0 fully saturated rings. The molecule has 136 valence electrons. The molecule has 0 bridgehead atoms. The first-order valence-electron chi connectivity index (χ1n) is 9.41. The first kappa shape index (κ1) is 17.5. The van der Waals surface area contributed by atoms with Crippen molar-refractivity contribution in [3.63, 3.8) is 0 Å². The molecular weight excluding hydrogens is 332 g/mol. The highest BCUT2D eigenvalue weighted by atomic mass is 16.2. The van der Waals surface area contributed by atoms with Crippen molar-refractivity contribution in [2.45, 2.75) is 24.7 Å². The van der Waals surface area contributed by atoms with Crippen LogP contribution in [0.3, 0.4) is 0 Å². The number of hydrogen-bond donors (Lipinski definition) is 1. The summed E-state index contributed by atoms with van der Waals surface area (Å²) in [7, 11) is 1.64. The Labute approximate surface area is 160 Å². The number of benzene rings is 3. The standard InChI is InChI=1S/C24H24N2O/c1-26(25)23(27)24(17-9-12-18-10-3-2-4-11-18)21-15-7-5-13-19(21)20-14-6-8-16-22(20)24/h2-8,10-11,13-16H,9,12,17,25H2,1H3. The van der Waals surface area contributed by atoms with E-state index >= 15 is 0 Å². The predicted octanol–water partition coefficient (Wildman–Crippen LogP) is 4.31. The molecule has 1 aliphatic carbocycles. The van der Waals surface area contributed by atoms with E-state index in [1.807, 2.05) is 30.3 Å². The lowest BCUT2D eigenvalue weighted by Crippen LogP contribution is -2.48. The van der Waals surface area contributed by atoms with Crippen LogP contribution in [-0.2, 0) is 16.6 Å². The predicted molar refractivity (Wildman–Crippen MR) is 109 cm³/mol. The molecule has 0 radical (unpaired) electrons. The van der Waals surface area contributed by atoms with E-state index in [0.717, 1.165) is 41.5 Å². The van der Waals surface area contributed by atoms with Crippen LogP contribution in [0.2, 0.25) is 0 Å². The van der Waals surface area contributed by atoms with E-state index in [9.17, 15) is 4.79 Å². The van der Waals surface area contributed by atoms with Crippen molar-refractivity contribution in [2.75, 3.05) is 7.05 Å². The summed E-state index contributed by atoms with van der Waals surface area (Å²) in [5.41, 5.74) is 5.00. The minimum absolute atomic E-state index is 0.0482. The number of rotatable bonds is 5. The van der Waals surface area contributed by atoms with Crippen LogP contribution in [-0.4, -0.2) is 18.0 Å². The Morgan fingerprint density at radius 3 is 1.93 bits per heavy atom. The zero-order chi connectivity index (χ0) is 18.9. The highest BCUT2D eigenvalue weighted by molar-refractivity contribution is 6.00. The molecule has 0 saturated carbocycles. The number of amides is 1. The maximum atomic E-state index is 13.4. The van der Waals surface area contributed by atoms with Crippen molar-refractivity contribution >= 4 is 5.91 Å². The number of nitrogens with two attached hydrogens (primary N) is 1. The summed E-state index contributed by atoms with van der Waals surface area (Å²) in [5, 5.41) is 1.25. The van der Waals surface area contributed by atoms with Gasteiger partial charge < -0.3 is 0 Å². The Balaban J connectivity index is 1.78. The Bertz CT molecular complexity index is 917. The molecule has 0 unspecified atom stereocenters. The van der Waals surface area contributed by atoms with Gasteiger partial charge >= 0.3 is 0 Å². The second-order valence-corrected chi connectivity index (χ2v) is 7.25. The smallest absolute Gasteiger partial charge is 0.251 e. The van der Waals surface area contributed by atoms with Crippen molar-refractivity contribution in [1.82, 2.24) is 5.01 Å². The van der Waals surface area contributed by atoms with Gasteiger partial charge in [0.05, 0.1) is 0 Å². The quantitative estimate of drug-likeness (QED) is 0.421. The van der Waals surface area contributed by atoms with Crippen molar-refractivity contribution in [1.29, 1.82) is 0 Å². The number of nitrogens with zero attached hydrogens (tertiary/aromatic N) is 1. The summed E-state index contributed by atoms with van der Waals surface area (Å²) in [5.74, 6) is 5.93. The fraction of sp³-hybridized carbons (Fsp3) is 0.208. The van der Waals surface area contributed by atoms with Gasteiger partial charge in [0.1, 0.15) is 5.41 Å². The number of carbonyl (C=O) groups is 1. The fourth-order valence-corrected chi connectivity index (χ4v) is 4.44. The molecule has 3 aromatic carbocycles. The molecule has 0 atom stereocenters. The molecular formula is C24H24N2O. The van der Waals surface area contributed by atoms with Gasteiger partial charge in [-0.1, -0.05) is 78.9 Å². The third-order valence-corrected chi connectivity index (χ3v) is 5.61. The number of hydrogen-bond acceptors (Lipinski definition) is 2. The van der Waals surface area contributed by atoms with Crippen molar-refractivity contribution in [3.8, 4) is 11.1 Å². The van der Waals surface area contributed by atoms with Gasteiger partial charge in [-0.05, 0) is 47.1 Å². The molecule has 3 nitrogen and oxygen atoms in total.